The second-order valence-electron chi connectivity index (χ2n) is 6.20. The summed E-state index contributed by atoms with van der Waals surface area (Å²) >= 11 is 0. The molecule has 132 valence electrons. The topological polar surface area (TPSA) is 127 Å². The third-order valence-electron chi connectivity index (χ3n) is 4.72. The predicted molar refractivity (Wildman–Crippen MR) is 92.5 cm³/mol. The highest BCUT2D eigenvalue weighted by molar-refractivity contribution is 7.85. The van der Waals surface area contributed by atoms with Crippen molar-refractivity contribution in [3.63, 3.8) is 0 Å². The molecule has 2 atom stereocenters. The van der Waals surface area contributed by atoms with Crippen LogP contribution in [0.2, 0.25) is 0 Å². The van der Waals surface area contributed by atoms with Crippen molar-refractivity contribution < 1.29 is 22.6 Å². The van der Waals surface area contributed by atoms with Crippen LogP contribution in [0.1, 0.15) is 27.5 Å². The molecular weight excluding hydrogens is 356 g/mol. The zero-order valence-electron chi connectivity index (χ0n) is 13.3. The maximum absolute atomic E-state index is 13.0. The van der Waals surface area contributed by atoms with Gasteiger partial charge in [-0.3, -0.25) is 14.1 Å². The Balaban J connectivity index is 1.88. The zero-order chi connectivity index (χ0) is 18.6. The van der Waals surface area contributed by atoms with E-state index in [2.05, 4.69) is 5.32 Å². The first kappa shape index (κ1) is 16.6. The van der Waals surface area contributed by atoms with Gasteiger partial charge in [0.05, 0.1) is 16.5 Å². The van der Waals surface area contributed by atoms with E-state index >= 15 is 0 Å². The molecule has 2 unspecified atom stereocenters. The van der Waals surface area contributed by atoms with Gasteiger partial charge in [-0.15, -0.1) is 0 Å². The molecule has 0 saturated heterocycles. The van der Waals surface area contributed by atoms with Gasteiger partial charge in [-0.05, 0) is 23.3 Å². The van der Waals surface area contributed by atoms with Crippen molar-refractivity contribution in [2.45, 2.75) is 10.9 Å². The Kier molecular flexibility index (Phi) is 3.58. The minimum Gasteiger partial charge on any atom is -0.325 e. The molecule has 1 aliphatic carbocycles. The van der Waals surface area contributed by atoms with E-state index in [1.807, 2.05) is 0 Å². The van der Waals surface area contributed by atoms with Gasteiger partial charge in [-0.25, -0.2) is 0 Å². The standard InChI is InChI=1S/C18H14N2O5S/c19-15-11-3-1-2-4-12(11)17(21)14-13(15)18(22)20-16(14)9-5-7-10(8-6-9)26(23,24)25/h1-8,13,15H,19H2,(H,20,22)(H,23,24,25). The van der Waals surface area contributed by atoms with E-state index in [1.165, 1.54) is 24.3 Å². The Morgan fingerprint density at radius 1 is 1.00 bits per heavy atom. The lowest BCUT2D eigenvalue weighted by molar-refractivity contribution is -0.122. The summed E-state index contributed by atoms with van der Waals surface area (Å²) in [5, 5.41) is 2.69. The molecule has 0 aromatic heterocycles. The molecule has 2 aromatic carbocycles. The lowest BCUT2D eigenvalue weighted by Gasteiger charge is -2.27. The number of hydrogen-bond acceptors (Lipinski definition) is 5. The van der Waals surface area contributed by atoms with E-state index in [-0.39, 0.29) is 22.2 Å². The van der Waals surface area contributed by atoms with Crippen molar-refractivity contribution in [1.29, 1.82) is 0 Å². The second-order valence-corrected chi connectivity index (χ2v) is 7.62. The highest BCUT2D eigenvalue weighted by Gasteiger charge is 2.46. The molecule has 2 aliphatic rings. The number of fused-ring (bicyclic) bond motifs is 2. The van der Waals surface area contributed by atoms with E-state index in [0.717, 1.165) is 0 Å². The molecule has 26 heavy (non-hydrogen) atoms. The van der Waals surface area contributed by atoms with Crippen LogP contribution in [0.25, 0.3) is 5.70 Å². The predicted octanol–water partition coefficient (Wildman–Crippen LogP) is 1.29. The third kappa shape index (κ3) is 2.38. The maximum Gasteiger partial charge on any atom is 0.294 e. The summed E-state index contributed by atoms with van der Waals surface area (Å²) in [5.41, 5.74) is 8.38. The van der Waals surface area contributed by atoms with Crippen LogP contribution in [-0.2, 0) is 14.9 Å². The largest absolute Gasteiger partial charge is 0.325 e. The normalized spacial score (nSPS) is 22.1. The Morgan fingerprint density at radius 3 is 2.31 bits per heavy atom. The van der Waals surface area contributed by atoms with Crippen LogP contribution in [0.4, 0.5) is 0 Å². The summed E-state index contributed by atoms with van der Waals surface area (Å²) in [7, 11) is -4.33. The van der Waals surface area contributed by atoms with Gasteiger partial charge in [0.2, 0.25) is 5.91 Å². The number of carbonyl (C=O) groups excluding carboxylic acids is 2. The molecule has 2 aromatic rings. The number of carbonyl (C=O) groups is 2. The van der Waals surface area contributed by atoms with Gasteiger partial charge >= 0.3 is 0 Å². The Labute approximate surface area is 149 Å². The highest BCUT2D eigenvalue weighted by atomic mass is 32.2. The summed E-state index contributed by atoms with van der Waals surface area (Å²) in [4.78, 5) is 25.1. The molecule has 0 bridgehead atoms. The van der Waals surface area contributed by atoms with E-state index < -0.39 is 22.1 Å². The van der Waals surface area contributed by atoms with Crippen LogP contribution < -0.4 is 11.1 Å². The quantitative estimate of drug-likeness (QED) is 0.684. The number of amides is 1. The van der Waals surface area contributed by atoms with Gasteiger partial charge in [0.15, 0.2) is 5.78 Å². The minimum atomic E-state index is -4.33. The maximum atomic E-state index is 13.0. The van der Waals surface area contributed by atoms with Crippen LogP contribution in [0.3, 0.4) is 0 Å². The van der Waals surface area contributed by atoms with Crippen molar-refractivity contribution in [3.05, 3.63) is 70.8 Å². The van der Waals surface area contributed by atoms with Crippen molar-refractivity contribution >= 4 is 27.5 Å². The number of nitrogens with one attached hydrogen (secondary N) is 1. The fraction of sp³-hybridized carbons (Fsp3) is 0.111. The highest BCUT2D eigenvalue weighted by Crippen LogP contribution is 2.42. The molecular formula is C18H14N2O5S. The van der Waals surface area contributed by atoms with Crippen LogP contribution in [0.5, 0.6) is 0 Å². The molecule has 1 amide bonds. The molecule has 0 saturated carbocycles. The summed E-state index contributed by atoms with van der Waals surface area (Å²) < 4.78 is 31.4. The van der Waals surface area contributed by atoms with Gasteiger partial charge in [0, 0.05) is 17.2 Å². The smallest absolute Gasteiger partial charge is 0.294 e. The summed E-state index contributed by atoms with van der Waals surface area (Å²) in [6.45, 7) is 0. The van der Waals surface area contributed by atoms with E-state index in [4.69, 9.17) is 10.3 Å². The minimum absolute atomic E-state index is 0.273. The molecule has 1 heterocycles. The Hall–Kier alpha value is -2.81. The van der Waals surface area contributed by atoms with E-state index in [9.17, 15) is 18.0 Å². The van der Waals surface area contributed by atoms with E-state index in [0.29, 0.717) is 22.4 Å². The first-order chi connectivity index (χ1) is 12.3. The lowest BCUT2D eigenvalue weighted by atomic mass is 9.76. The van der Waals surface area contributed by atoms with Gasteiger partial charge < -0.3 is 11.1 Å². The van der Waals surface area contributed by atoms with Crippen LogP contribution in [-0.4, -0.2) is 24.7 Å². The first-order valence-electron chi connectivity index (χ1n) is 7.81. The van der Waals surface area contributed by atoms with Crippen LogP contribution in [0, 0.1) is 5.92 Å². The fourth-order valence-corrected chi connectivity index (χ4v) is 3.97. The number of hydrogen-bond donors (Lipinski definition) is 3. The number of rotatable bonds is 2. The van der Waals surface area contributed by atoms with Gasteiger partial charge in [0.1, 0.15) is 0 Å². The van der Waals surface area contributed by atoms with Crippen molar-refractivity contribution in [3.8, 4) is 0 Å². The Morgan fingerprint density at radius 2 is 1.65 bits per heavy atom. The second kappa shape index (κ2) is 5.60. The summed E-state index contributed by atoms with van der Waals surface area (Å²) in [5.74, 6) is -1.45. The molecule has 4 rings (SSSR count). The molecule has 7 nitrogen and oxygen atoms in total. The number of ketones is 1. The summed E-state index contributed by atoms with van der Waals surface area (Å²) in [6, 6.07) is 11.5. The number of nitrogens with two attached hydrogens (primary N) is 1. The van der Waals surface area contributed by atoms with Gasteiger partial charge in [-0.1, -0.05) is 36.4 Å². The first-order valence-corrected chi connectivity index (χ1v) is 9.25. The molecule has 4 N–H and O–H groups in total. The van der Waals surface area contributed by atoms with Crippen molar-refractivity contribution in [2.75, 3.05) is 0 Å². The SMILES string of the molecule is NC1c2ccccc2C(=O)C2=C(c3ccc(S(=O)(=O)O)cc3)NC(=O)C21. The summed E-state index contributed by atoms with van der Waals surface area (Å²) in [6.07, 6.45) is 0. The third-order valence-corrected chi connectivity index (χ3v) is 5.59. The average molecular weight is 370 g/mol. The average Bonchev–Trinajstić information content (AvgIpc) is 2.97. The number of benzene rings is 2. The molecule has 0 radical (unpaired) electrons. The molecule has 8 heteroatoms. The fourth-order valence-electron chi connectivity index (χ4n) is 3.49. The molecule has 0 spiro atoms. The van der Waals surface area contributed by atoms with Gasteiger partial charge in [0.25, 0.3) is 10.1 Å². The zero-order valence-corrected chi connectivity index (χ0v) is 14.2. The van der Waals surface area contributed by atoms with Crippen molar-refractivity contribution in [1.82, 2.24) is 5.32 Å². The lowest BCUT2D eigenvalue weighted by Crippen LogP contribution is -2.36. The van der Waals surface area contributed by atoms with Crippen molar-refractivity contribution in [2.24, 2.45) is 11.7 Å². The van der Waals surface area contributed by atoms with Gasteiger partial charge in [-0.2, -0.15) is 8.42 Å². The monoisotopic (exact) mass is 370 g/mol. The molecule has 1 aliphatic heterocycles. The van der Waals surface area contributed by atoms with Crippen LogP contribution in [0.15, 0.2) is 59.0 Å². The van der Waals surface area contributed by atoms with Crippen LogP contribution >= 0.6 is 0 Å². The van der Waals surface area contributed by atoms with E-state index in [1.54, 1.807) is 24.3 Å². The Bertz CT molecular complexity index is 1090. The molecule has 0 fully saturated rings. The number of Topliss-reactive ketones (excluding diaryl/α,β-unsaturated/α-hetero) is 1.